The fourth-order valence-electron chi connectivity index (χ4n) is 1.81. The quantitative estimate of drug-likeness (QED) is 0.598. The largest absolute Gasteiger partial charge is 0.497 e. The van der Waals surface area contributed by atoms with Gasteiger partial charge in [-0.3, -0.25) is 11.3 Å². The van der Waals surface area contributed by atoms with Crippen molar-refractivity contribution in [3.8, 4) is 5.75 Å². The van der Waals surface area contributed by atoms with E-state index in [0.29, 0.717) is 6.61 Å². The van der Waals surface area contributed by atoms with E-state index in [1.807, 2.05) is 32.0 Å². The number of hydrogen-bond acceptors (Lipinski definition) is 4. The predicted molar refractivity (Wildman–Crippen MR) is 76.6 cm³/mol. The number of methoxy groups -OCH3 is 1. The van der Waals surface area contributed by atoms with Crippen molar-refractivity contribution in [1.29, 1.82) is 0 Å². The molecule has 4 nitrogen and oxygen atoms in total. The van der Waals surface area contributed by atoms with Crippen molar-refractivity contribution in [3.05, 3.63) is 28.2 Å². The van der Waals surface area contributed by atoms with E-state index in [9.17, 15) is 0 Å². The highest BCUT2D eigenvalue weighted by Gasteiger charge is 2.18. The number of hydrazine groups is 1. The van der Waals surface area contributed by atoms with Crippen LogP contribution in [-0.4, -0.2) is 25.9 Å². The molecule has 1 aromatic carbocycles. The van der Waals surface area contributed by atoms with E-state index in [2.05, 4.69) is 21.4 Å². The molecule has 5 heteroatoms. The lowest BCUT2D eigenvalue weighted by atomic mass is 10.0. The highest BCUT2D eigenvalue weighted by molar-refractivity contribution is 9.10. The van der Waals surface area contributed by atoms with Crippen LogP contribution >= 0.6 is 15.9 Å². The van der Waals surface area contributed by atoms with Gasteiger partial charge in [0, 0.05) is 11.1 Å². The summed E-state index contributed by atoms with van der Waals surface area (Å²) in [5.41, 5.74) is 3.96. The third kappa shape index (κ3) is 4.24. The van der Waals surface area contributed by atoms with E-state index in [1.54, 1.807) is 7.11 Å². The first kappa shape index (κ1) is 15.4. The molecule has 0 spiro atoms. The summed E-state index contributed by atoms with van der Waals surface area (Å²) in [5.74, 6) is 6.44. The van der Waals surface area contributed by atoms with Crippen LogP contribution in [0.25, 0.3) is 0 Å². The molecule has 0 fully saturated rings. The maximum atomic E-state index is 5.60. The zero-order valence-corrected chi connectivity index (χ0v) is 12.7. The van der Waals surface area contributed by atoms with Crippen molar-refractivity contribution < 1.29 is 9.47 Å². The lowest BCUT2D eigenvalue weighted by Gasteiger charge is -2.23. The number of halogens is 1. The highest BCUT2D eigenvalue weighted by Crippen LogP contribution is 2.24. The van der Waals surface area contributed by atoms with E-state index in [4.69, 9.17) is 15.3 Å². The first-order valence-electron chi connectivity index (χ1n) is 6.02. The average molecular weight is 317 g/mol. The minimum atomic E-state index is 0.0538. The van der Waals surface area contributed by atoms with Gasteiger partial charge in [0.2, 0.25) is 0 Å². The topological polar surface area (TPSA) is 56.5 Å². The van der Waals surface area contributed by atoms with Crippen LogP contribution in [-0.2, 0) is 11.2 Å². The molecule has 0 aliphatic carbocycles. The molecule has 3 N–H and O–H groups in total. The summed E-state index contributed by atoms with van der Waals surface area (Å²) >= 11 is 3.54. The average Bonchev–Trinajstić information content (AvgIpc) is 2.38. The van der Waals surface area contributed by atoms with Gasteiger partial charge in [-0.05, 0) is 44.0 Å². The molecular weight excluding hydrogens is 296 g/mol. The summed E-state index contributed by atoms with van der Waals surface area (Å²) in [5, 5.41) is 0. The van der Waals surface area contributed by atoms with Crippen LogP contribution in [0.3, 0.4) is 0 Å². The van der Waals surface area contributed by atoms with Crippen LogP contribution in [0.1, 0.15) is 19.4 Å². The van der Waals surface area contributed by atoms with Crippen LogP contribution in [0.5, 0.6) is 5.75 Å². The Kier molecular flexibility index (Phi) is 6.63. The third-order valence-corrected chi connectivity index (χ3v) is 3.68. The first-order chi connectivity index (χ1) is 8.62. The fraction of sp³-hybridized carbons (Fsp3) is 0.538. The van der Waals surface area contributed by atoms with Crippen molar-refractivity contribution in [2.24, 2.45) is 5.84 Å². The summed E-state index contributed by atoms with van der Waals surface area (Å²) in [7, 11) is 1.66. The summed E-state index contributed by atoms with van der Waals surface area (Å²) in [4.78, 5) is 0. The van der Waals surface area contributed by atoms with Gasteiger partial charge >= 0.3 is 0 Å². The molecule has 0 heterocycles. The van der Waals surface area contributed by atoms with Crippen molar-refractivity contribution in [3.63, 3.8) is 0 Å². The van der Waals surface area contributed by atoms with Gasteiger partial charge in [-0.1, -0.05) is 15.9 Å². The van der Waals surface area contributed by atoms with Gasteiger partial charge < -0.3 is 9.47 Å². The van der Waals surface area contributed by atoms with Crippen molar-refractivity contribution >= 4 is 15.9 Å². The number of ether oxygens (including phenoxy) is 2. The van der Waals surface area contributed by atoms with Crippen molar-refractivity contribution in [2.75, 3.05) is 13.7 Å². The number of hydrogen-bond donors (Lipinski definition) is 2. The van der Waals surface area contributed by atoms with Crippen LogP contribution in [0, 0.1) is 0 Å². The van der Waals surface area contributed by atoms with Crippen LogP contribution < -0.4 is 16.0 Å². The summed E-state index contributed by atoms with van der Waals surface area (Å²) in [6.07, 6.45) is 0.827. The van der Waals surface area contributed by atoms with Gasteiger partial charge in [0.1, 0.15) is 5.75 Å². The van der Waals surface area contributed by atoms with Crippen molar-refractivity contribution in [1.82, 2.24) is 5.43 Å². The van der Waals surface area contributed by atoms with Crippen molar-refractivity contribution in [2.45, 2.75) is 32.4 Å². The van der Waals surface area contributed by atoms with Gasteiger partial charge in [0.15, 0.2) is 0 Å². The van der Waals surface area contributed by atoms with Gasteiger partial charge in [0.05, 0.1) is 19.3 Å². The second kappa shape index (κ2) is 7.74. The molecule has 2 unspecified atom stereocenters. The van der Waals surface area contributed by atoms with Crippen LogP contribution in [0.15, 0.2) is 22.7 Å². The van der Waals surface area contributed by atoms with E-state index >= 15 is 0 Å². The second-order valence-corrected chi connectivity index (χ2v) is 4.95. The summed E-state index contributed by atoms with van der Waals surface area (Å²) in [6.45, 7) is 4.67. The molecule has 0 aliphatic heterocycles. The van der Waals surface area contributed by atoms with Gasteiger partial charge in [-0.2, -0.15) is 0 Å². The van der Waals surface area contributed by atoms with E-state index in [0.717, 1.165) is 22.2 Å². The second-order valence-electron chi connectivity index (χ2n) is 4.10. The fourth-order valence-corrected chi connectivity index (χ4v) is 2.22. The maximum Gasteiger partial charge on any atom is 0.119 e. The molecule has 102 valence electrons. The third-order valence-electron chi connectivity index (χ3n) is 2.90. The van der Waals surface area contributed by atoms with E-state index < -0.39 is 0 Å². The Morgan fingerprint density at radius 3 is 2.72 bits per heavy atom. The molecule has 0 radical (unpaired) electrons. The van der Waals surface area contributed by atoms with Gasteiger partial charge in [0.25, 0.3) is 0 Å². The monoisotopic (exact) mass is 316 g/mol. The molecule has 0 saturated carbocycles. The summed E-state index contributed by atoms with van der Waals surface area (Å²) < 4.78 is 11.9. The summed E-state index contributed by atoms with van der Waals surface area (Å²) in [6, 6.07) is 5.97. The Morgan fingerprint density at radius 1 is 1.44 bits per heavy atom. The Labute approximate surface area is 117 Å². The normalized spacial score (nSPS) is 14.3. The molecule has 1 rings (SSSR count). The predicted octanol–water partition coefficient (Wildman–Crippen LogP) is 2.26. The Bertz CT molecular complexity index is 374. The van der Waals surface area contributed by atoms with E-state index in [-0.39, 0.29) is 12.1 Å². The van der Waals surface area contributed by atoms with Crippen LogP contribution in [0.4, 0.5) is 0 Å². The Hall–Kier alpha value is -0.620. The Morgan fingerprint density at radius 2 is 2.17 bits per heavy atom. The molecule has 1 aromatic rings. The molecule has 18 heavy (non-hydrogen) atoms. The number of benzene rings is 1. The molecule has 0 bridgehead atoms. The number of nitrogens with two attached hydrogens (primary N) is 1. The minimum Gasteiger partial charge on any atom is -0.497 e. The number of rotatable bonds is 7. The van der Waals surface area contributed by atoms with Gasteiger partial charge in [-0.25, -0.2) is 0 Å². The molecule has 0 amide bonds. The SMILES string of the molecule is CCOC(C)C(Cc1cc(OC)ccc1Br)NN. The lowest BCUT2D eigenvalue weighted by molar-refractivity contribution is 0.0476. The van der Waals surface area contributed by atoms with E-state index in [1.165, 1.54) is 0 Å². The first-order valence-corrected chi connectivity index (χ1v) is 6.81. The molecule has 2 atom stereocenters. The van der Waals surface area contributed by atoms with Gasteiger partial charge in [-0.15, -0.1) is 0 Å². The Balaban J connectivity index is 2.80. The zero-order chi connectivity index (χ0) is 13.5. The minimum absolute atomic E-state index is 0.0538. The molecule has 0 saturated heterocycles. The number of nitrogens with one attached hydrogen (secondary N) is 1. The molecular formula is C13H21BrN2O2. The highest BCUT2D eigenvalue weighted by atomic mass is 79.9. The van der Waals surface area contributed by atoms with Crippen LogP contribution in [0.2, 0.25) is 0 Å². The molecule has 0 aliphatic rings. The maximum absolute atomic E-state index is 5.60. The molecule has 0 aromatic heterocycles. The standard InChI is InChI=1S/C13H21BrN2O2/c1-4-18-9(2)13(16-15)8-10-7-11(17-3)5-6-12(10)14/h5-7,9,13,16H,4,8,15H2,1-3H3. The smallest absolute Gasteiger partial charge is 0.119 e. The zero-order valence-electron chi connectivity index (χ0n) is 11.1. The lowest BCUT2D eigenvalue weighted by Crippen LogP contribution is -2.45.